The van der Waals surface area contributed by atoms with E-state index in [1.165, 1.54) is 6.07 Å². The third kappa shape index (κ3) is 3.55. The summed E-state index contributed by atoms with van der Waals surface area (Å²) in [5.41, 5.74) is 0.601. The van der Waals surface area contributed by atoms with Crippen molar-refractivity contribution in [1.29, 1.82) is 0 Å². The van der Waals surface area contributed by atoms with Crippen LogP contribution in [0.2, 0.25) is 0 Å². The standard InChI is InChI=1S/C16H13F3O2/c17-16(18,19)13-3-1-2-12(8-13)11-4-6-14(7-5-11)20-9-15-10-21-15/h1-8,15H,9-10H2. The van der Waals surface area contributed by atoms with Crippen molar-refractivity contribution >= 4 is 0 Å². The van der Waals surface area contributed by atoms with E-state index in [4.69, 9.17) is 9.47 Å². The number of alkyl halides is 3. The molecule has 0 saturated carbocycles. The van der Waals surface area contributed by atoms with Gasteiger partial charge < -0.3 is 9.47 Å². The Bertz CT molecular complexity index is 616. The molecule has 3 rings (SSSR count). The Hall–Kier alpha value is -2.01. The molecule has 0 bridgehead atoms. The Morgan fingerprint density at radius 2 is 1.76 bits per heavy atom. The number of hydrogen-bond acceptors (Lipinski definition) is 2. The van der Waals surface area contributed by atoms with Gasteiger partial charge in [-0.25, -0.2) is 0 Å². The van der Waals surface area contributed by atoms with Gasteiger partial charge in [-0.1, -0.05) is 24.3 Å². The Morgan fingerprint density at radius 3 is 2.38 bits per heavy atom. The van der Waals surface area contributed by atoms with Crippen LogP contribution in [0.4, 0.5) is 13.2 Å². The zero-order chi connectivity index (χ0) is 14.9. The maximum Gasteiger partial charge on any atom is 0.416 e. The molecule has 1 aliphatic rings. The molecule has 1 aliphatic heterocycles. The van der Waals surface area contributed by atoms with Crippen molar-refractivity contribution < 1.29 is 22.6 Å². The van der Waals surface area contributed by atoms with Gasteiger partial charge in [-0.3, -0.25) is 0 Å². The van der Waals surface area contributed by atoms with Crippen LogP contribution >= 0.6 is 0 Å². The van der Waals surface area contributed by atoms with E-state index in [-0.39, 0.29) is 6.10 Å². The lowest BCUT2D eigenvalue weighted by Crippen LogP contribution is -2.04. The second-order valence-electron chi connectivity index (χ2n) is 4.87. The van der Waals surface area contributed by atoms with Crippen molar-refractivity contribution in [1.82, 2.24) is 0 Å². The highest BCUT2D eigenvalue weighted by atomic mass is 19.4. The molecular formula is C16H13F3O2. The minimum atomic E-state index is -4.33. The van der Waals surface area contributed by atoms with Crippen molar-refractivity contribution in [3.63, 3.8) is 0 Å². The van der Waals surface area contributed by atoms with Crippen LogP contribution in [0.5, 0.6) is 5.75 Å². The molecule has 1 fully saturated rings. The molecule has 0 amide bonds. The highest BCUT2D eigenvalue weighted by Crippen LogP contribution is 2.32. The van der Waals surface area contributed by atoms with Gasteiger partial charge >= 0.3 is 6.18 Å². The van der Waals surface area contributed by atoms with Crippen molar-refractivity contribution in [2.45, 2.75) is 12.3 Å². The van der Waals surface area contributed by atoms with Gasteiger partial charge in [0.25, 0.3) is 0 Å². The molecule has 110 valence electrons. The van der Waals surface area contributed by atoms with Crippen LogP contribution in [-0.4, -0.2) is 19.3 Å². The van der Waals surface area contributed by atoms with Crippen LogP contribution in [0.15, 0.2) is 48.5 Å². The van der Waals surface area contributed by atoms with Gasteiger partial charge in [-0.05, 0) is 35.4 Å². The second-order valence-corrected chi connectivity index (χ2v) is 4.87. The average molecular weight is 294 g/mol. The molecule has 1 saturated heterocycles. The predicted octanol–water partition coefficient (Wildman–Crippen LogP) is 4.15. The van der Waals surface area contributed by atoms with Crippen molar-refractivity contribution in [3.8, 4) is 16.9 Å². The van der Waals surface area contributed by atoms with Gasteiger partial charge in [-0.2, -0.15) is 13.2 Å². The number of rotatable bonds is 4. The molecule has 1 unspecified atom stereocenters. The summed E-state index contributed by atoms with van der Waals surface area (Å²) in [6.45, 7) is 1.23. The second kappa shape index (κ2) is 5.41. The molecule has 0 spiro atoms. The largest absolute Gasteiger partial charge is 0.491 e. The number of hydrogen-bond donors (Lipinski definition) is 0. The molecule has 2 aromatic carbocycles. The van der Waals surface area contributed by atoms with E-state index in [1.807, 2.05) is 0 Å². The van der Waals surface area contributed by atoms with Crippen LogP contribution in [0, 0.1) is 0 Å². The van der Waals surface area contributed by atoms with Gasteiger partial charge in [0.2, 0.25) is 0 Å². The van der Waals surface area contributed by atoms with E-state index in [9.17, 15) is 13.2 Å². The van der Waals surface area contributed by atoms with Crippen molar-refractivity contribution in [3.05, 3.63) is 54.1 Å². The van der Waals surface area contributed by atoms with E-state index in [0.29, 0.717) is 17.9 Å². The number of epoxide rings is 1. The normalized spacial score (nSPS) is 17.6. The van der Waals surface area contributed by atoms with E-state index in [0.717, 1.165) is 24.3 Å². The fourth-order valence-electron chi connectivity index (χ4n) is 1.97. The van der Waals surface area contributed by atoms with Crippen LogP contribution < -0.4 is 4.74 Å². The van der Waals surface area contributed by atoms with E-state index in [2.05, 4.69) is 0 Å². The van der Waals surface area contributed by atoms with Gasteiger partial charge in [0.1, 0.15) is 18.5 Å². The monoisotopic (exact) mass is 294 g/mol. The fraction of sp³-hybridized carbons (Fsp3) is 0.250. The maximum absolute atomic E-state index is 12.7. The Morgan fingerprint density at radius 1 is 1.05 bits per heavy atom. The van der Waals surface area contributed by atoms with Crippen LogP contribution in [0.25, 0.3) is 11.1 Å². The zero-order valence-electron chi connectivity index (χ0n) is 11.1. The Kier molecular flexibility index (Phi) is 3.59. The summed E-state index contributed by atoms with van der Waals surface area (Å²) in [5, 5.41) is 0. The first kappa shape index (κ1) is 13.9. The summed E-state index contributed by atoms with van der Waals surface area (Å²) in [5.74, 6) is 0.682. The average Bonchev–Trinajstić information content (AvgIpc) is 3.29. The molecule has 0 N–H and O–H groups in total. The highest BCUT2D eigenvalue weighted by Gasteiger charge is 2.30. The molecule has 5 heteroatoms. The summed E-state index contributed by atoms with van der Waals surface area (Å²) in [6, 6.07) is 12.3. The quantitative estimate of drug-likeness (QED) is 0.790. The molecule has 0 radical (unpaired) electrons. The molecule has 21 heavy (non-hydrogen) atoms. The molecule has 0 aliphatic carbocycles. The summed E-state index contributed by atoms with van der Waals surface area (Å²) in [6.07, 6.45) is -4.16. The molecule has 2 nitrogen and oxygen atoms in total. The SMILES string of the molecule is FC(F)(F)c1cccc(-c2ccc(OCC3CO3)cc2)c1. The smallest absolute Gasteiger partial charge is 0.416 e. The molecule has 1 heterocycles. The fourth-order valence-corrected chi connectivity index (χ4v) is 1.97. The Labute approximate surface area is 120 Å². The lowest BCUT2D eigenvalue weighted by Gasteiger charge is -2.09. The third-order valence-corrected chi connectivity index (χ3v) is 3.22. The van der Waals surface area contributed by atoms with Crippen molar-refractivity contribution in [2.24, 2.45) is 0 Å². The third-order valence-electron chi connectivity index (χ3n) is 3.22. The lowest BCUT2D eigenvalue weighted by atomic mass is 10.0. The van der Waals surface area contributed by atoms with E-state index < -0.39 is 11.7 Å². The molecule has 1 atom stereocenters. The summed E-state index contributed by atoms with van der Waals surface area (Å²) >= 11 is 0. The van der Waals surface area contributed by atoms with Crippen molar-refractivity contribution in [2.75, 3.05) is 13.2 Å². The van der Waals surface area contributed by atoms with Crippen LogP contribution in [0.3, 0.4) is 0 Å². The minimum Gasteiger partial charge on any atom is -0.491 e. The number of halogens is 3. The van der Waals surface area contributed by atoms with Gasteiger partial charge in [0.05, 0.1) is 12.2 Å². The highest BCUT2D eigenvalue weighted by molar-refractivity contribution is 5.65. The topological polar surface area (TPSA) is 21.8 Å². The molecule has 0 aromatic heterocycles. The molecule has 2 aromatic rings. The summed E-state index contributed by atoms with van der Waals surface area (Å²) in [7, 11) is 0. The minimum absolute atomic E-state index is 0.174. The maximum atomic E-state index is 12.7. The Balaban J connectivity index is 1.76. The lowest BCUT2D eigenvalue weighted by molar-refractivity contribution is -0.137. The number of ether oxygens (including phenoxy) is 2. The van der Waals surface area contributed by atoms with Gasteiger partial charge in [0.15, 0.2) is 0 Å². The zero-order valence-corrected chi connectivity index (χ0v) is 11.1. The first-order chi connectivity index (χ1) is 10.0. The van der Waals surface area contributed by atoms with E-state index >= 15 is 0 Å². The van der Waals surface area contributed by atoms with Crippen LogP contribution in [-0.2, 0) is 10.9 Å². The van der Waals surface area contributed by atoms with Crippen LogP contribution in [0.1, 0.15) is 5.56 Å². The van der Waals surface area contributed by atoms with Gasteiger partial charge in [0, 0.05) is 0 Å². The van der Waals surface area contributed by atoms with E-state index in [1.54, 1.807) is 30.3 Å². The van der Waals surface area contributed by atoms with Gasteiger partial charge in [-0.15, -0.1) is 0 Å². The molecular weight excluding hydrogens is 281 g/mol. The predicted molar refractivity (Wildman–Crippen MR) is 72.1 cm³/mol. The first-order valence-corrected chi connectivity index (χ1v) is 6.54. The summed E-state index contributed by atoms with van der Waals surface area (Å²) in [4.78, 5) is 0. The first-order valence-electron chi connectivity index (χ1n) is 6.54. The summed E-state index contributed by atoms with van der Waals surface area (Å²) < 4.78 is 48.6. The number of benzene rings is 2.